The predicted molar refractivity (Wildman–Crippen MR) is 37.3 cm³/mol. The van der Waals surface area contributed by atoms with Crippen LogP contribution in [0.3, 0.4) is 0 Å². The van der Waals surface area contributed by atoms with E-state index in [1.165, 1.54) is 0 Å². The summed E-state index contributed by atoms with van der Waals surface area (Å²) in [6, 6.07) is 0. The van der Waals surface area contributed by atoms with Gasteiger partial charge in [-0.15, -0.1) is 0 Å². The Balaban J connectivity index is 2.51. The Morgan fingerprint density at radius 3 is 3.00 bits per heavy atom. The molecular formula is C4H5NS2. The third kappa shape index (κ3) is 1.49. The minimum atomic E-state index is 0.936. The molecule has 0 saturated carbocycles. The second-order valence-electron chi connectivity index (χ2n) is 1.21. The topological polar surface area (TPSA) is 12.0 Å². The first kappa shape index (κ1) is 5.12. The van der Waals surface area contributed by atoms with E-state index in [9.17, 15) is 0 Å². The Hall–Kier alpha value is -0.0200. The van der Waals surface area contributed by atoms with Gasteiger partial charge in [0.2, 0.25) is 0 Å². The van der Waals surface area contributed by atoms with E-state index < -0.39 is 0 Å². The Labute approximate surface area is 52.3 Å². The van der Waals surface area contributed by atoms with Crippen molar-refractivity contribution in [3.8, 4) is 0 Å². The van der Waals surface area contributed by atoms with Gasteiger partial charge in [0, 0.05) is 16.8 Å². The van der Waals surface area contributed by atoms with Crippen LogP contribution >= 0.6 is 24.2 Å². The van der Waals surface area contributed by atoms with Gasteiger partial charge in [-0.3, -0.25) is 0 Å². The van der Waals surface area contributed by atoms with Gasteiger partial charge in [0.15, 0.2) is 0 Å². The molecule has 0 aliphatic carbocycles. The molecule has 0 amide bonds. The lowest BCUT2D eigenvalue weighted by Gasteiger charge is -2.02. The van der Waals surface area contributed by atoms with Crippen molar-refractivity contribution in [2.75, 3.05) is 5.75 Å². The molecule has 0 aromatic rings. The number of nitrogens with one attached hydrogen (secondary N) is 1. The maximum atomic E-state index is 4.86. The monoisotopic (exact) mass is 131 g/mol. The lowest BCUT2D eigenvalue weighted by atomic mass is 10.5. The van der Waals surface area contributed by atoms with Gasteiger partial charge in [-0.05, 0) is 18.0 Å². The minimum absolute atomic E-state index is 0.936. The van der Waals surface area contributed by atoms with E-state index in [1.54, 1.807) is 11.9 Å². The molecule has 1 heterocycles. The summed E-state index contributed by atoms with van der Waals surface area (Å²) in [5, 5.41) is 0. The van der Waals surface area contributed by atoms with Crippen LogP contribution < -0.4 is 4.72 Å². The molecule has 1 rings (SSSR count). The maximum absolute atomic E-state index is 4.86. The molecule has 1 N–H and O–H groups in total. The number of rotatable bonds is 0. The first-order chi connectivity index (χ1) is 3.39. The normalized spacial score (nSPS) is 19.1. The lowest BCUT2D eigenvalue weighted by Crippen LogP contribution is -2.06. The maximum Gasteiger partial charge on any atom is 0.0486 e. The first-order valence-electron chi connectivity index (χ1n) is 1.96. The summed E-state index contributed by atoms with van der Waals surface area (Å²) < 4.78 is 2.96. The molecule has 0 aromatic carbocycles. The zero-order valence-electron chi connectivity index (χ0n) is 3.68. The molecule has 0 atom stereocenters. The summed E-state index contributed by atoms with van der Waals surface area (Å²) in [6.07, 6.45) is 3.77. The Kier molecular flexibility index (Phi) is 1.70. The van der Waals surface area contributed by atoms with Gasteiger partial charge >= 0.3 is 0 Å². The summed E-state index contributed by atoms with van der Waals surface area (Å²) in [6.45, 7) is 0. The molecule has 0 aromatic heterocycles. The highest BCUT2D eigenvalue weighted by Gasteiger charge is 1.94. The van der Waals surface area contributed by atoms with Crippen molar-refractivity contribution < 1.29 is 0 Å². The largest absolute Gasteiger partial charge is 0.336 e. The van der Waals surface area contributed by atoms with Crippen LogP contribution in [0.4, 0.5) is 0 Å². The molecule has 38 valence electrons. The summed E-state index contributed by atoms with van der Waals surface area (Å²) in [5.74, 6) is 0.936. The second kappa shape index (κ2) is 2.33. The van der Waals surface area contributed by atoms with E-state index >= 15 is 0 Å². The van der Waals surface area contributed by atoms with Crippen molar-refractivity contribution in [1.82, 2.24) is 4.72 Å². The van der Waals surface area contributed by atoms with Gasteiger partial charge in [-0.25, -0.2) is 0 Å². The fourth-order valence-corrected chi connectivity index (χ4v) is 1.07. The van der Waals surface area contributed by atoms with Crippen molar-refractivity contribution in [3.63, 3.8) is 0 Å². The lowest BCUT2D eigenvalue weighted by molar-refractivity contribution is 1.41. The van der Waals surface area contributed by atoms with Gasteiger partial charge < -0.3 is 4.72 Å². The molecule has 0 bridgehead atoms. The summed E-state index contributed by atoms with van der Waals surface area (Å²) >= 11 is 6.48. The molecule has 0 spiro atoms. The van der Waals surface area contributed by atoms with Crippen LogP contribution in [0.1, 0.15) is 0 Å². The molecule has 7 heavy (non-hydrogen) atoms. The van der Waals surface area contributed by atoms with Crippen LogP contribution in [-0.2, 0) is 0 Å². The van der Waals surface area contributed by atoms with Crippen LogP contribution in [0.15, 0.2) is 12.3 Å². The van der Waals surface area contributed by atoms with E-state index in [0.717, 1.165) is 10.6 Å². The predicted octanol–water partition coefficient (Wildman–Crippen LogP) is 1.12. The zero-order chi connectivity index (χ0) is 5.11. The zero-order valence-corrected chi connectivity index (χ0v) is 5.31. The minimum Gasteiger partial charge on any atom is -0.336 e. The molecule has 1 aliphatic rings. The SMILES string of the molecule is S=C1C=CNSC1. The number of thiocarbonyl (C=S) groups is 1. The average Bonchev–Trinajstić information content (AvgIpc) is 1.69. The highest BCUT2D eigenvalue weighted by molar-refractivity contribution is 7.99. The van der Waals surface area contributed by atoms with E-state index in [0.29, 0.717) is 0 Å². The average molecular weight is 131 g/mol. The number of hydrogen-bond acceptors (Lipinski definition) is 3. The Morgan fingerprint density at radius 1 is 1.86 bits per heavy atom. The van der Waals surface area contributed by atoms with Crippen LogP contribution in [0.2, 0.25) is 0 Å². The molecule has 1 nitrogen and oxygen atoms in total. The van der Waals surface area contributed by atoms with Crippen LogP contribution in [-0.4, -0.2) is 10.6 Å². The Morgan fingerprint density at radius 2 is 2.71 bits per heavy atom. The van der Waals surface area contributed by atoms with Gasteiger partial charge in [0.1, 0.15) is 0 Å². The molecule has 1 aliphatic heterocycles. The van der Waals surface area contributed by atoms with Crippen molar-refractivity contribution in [2.45, 2.75) is 0 Å². The van der Waals surface area contributed by atoms with Crippen LogP contribution in [0.25, 0.3) is 0 Å². The molecular weight excluding hydrogens is 126 g/mol. The standard InChI is InChI=1S/C4H5NS2/c6-4-1-2-5-7-3-4/h1-2,5H,3H2. The molecule has 0 radical (unpaired) electrons. The third-order valence-corrected chi connectivity index (χ3v) is 1.86. The van der Waals surface area contributed by atoms with Crippen LogP contribution in [0.5, 0.6) is 0 Å². The highest BCUT2D eigenvalue weighted by atomic mass is 32.2. The second-order valence-corrected chi connectivity index (χ2v) is 2.54. The van der Waals surface area contributed by atoms with E-state index in [4.69, 9.17) is 12.2 Å². The van der Waals surface area contributed by atoms with E-state index in [-0.39, 0.29) is 0 Å². The van der Waals surface area contributed by atoms with Crippen molar-refractivity contribution in [1.29, 1.82) is 0 Å². The van der Waals surface area contributed by atoms with Crippen molar-refractivity contribution >= 4 is 29.0 Å². The third-order valence-electron chi connectivity index (χ3n) is 0.635. The fourth-order valence-electron chi connectivity index (χ4n) is 0.336. The molecule has 0 unspecified atom stereocenters. The van der Waals surface area contributed by atoms with Gasteiger partial charge in [-0.2, -0.15) is 0 Å². The van der Waals surface area contributed by atoms with E-state index in [2.05, 4.69) is 4.72 Å². The quantitative estimate of drug-likeness (QED) is 0.391. The van der Waals surface area contributed by atoms with Gasteiger partial charge in [-0.1, -0.05) is 12.2 Å². The van der Waals surface area contributed by atoms with Gasteiger partial charge in [0.25, 0.3) is 0 Å². The summed E-state index contributed by atoms with van der Waals surface area (Å²) in [7, 11) is 0. The number of allylic oxidation sites excluding steroid dienone is 1. The van der Waals surface area contributed by atoms with Crippen molar-refractivity contribution in [2.24, 2.45) is 0 Å². The van der Waals surface area contributed by atoms with Crippen LogP contribution in [0, 0.1) is 0 Å². The molecule has 0 saturated heterocycles. The van der Waals surface area contributed by atoms with Gasteiger partial charge in [0.05, 0.1) is 0 Å². The van der Waals surface area contributed by atoms with E-state index in [1.807, 2.05) is 12.3 Å². The number of hydrogen-bond donors (Lipinski definition) is 1. The highest BCUT2D eigenvalue weighted by Crippen LogP contribution is 2.00. The van der Waals surface area contributed by atoms with Crippen molar-refractivity contribution in [3.05, 3.63) is 12.3 Å². The summed E-state index contributed by atoms with van der Waals surface area (Å²) in [4.78, 5) is 1.02. The molecule has 3 heteroatoms. The smallest absolute Gasteiger partial charge is 0.0486 e. The first-order valence-corrected chi connectivity index (χ1v) is 3.36. The summed E-state index contributed by atoms with van der Waals surface area (Å²) in [5.41, 5.74) is 0. The molecule has 0 fully saturated rings. The fraction of sp³-hybridized carbons (Fsp3) is 0.250. The Bertz CT molecular complexity index is 108.